The molecule has 0 saturated heterocycles. The van der Waals surface area contributed by atoms with Crippen molar-refractivity contribution in [3.63, 3.8) is 0 Å². The fraction of sp³-hybridized carbons (Fsp3) is 0.240. The van der Waals surface area contributed by atoms with Gasteiger partial charge in [0.1, 0.15) is 17.2 Å². The van der Waals surface area contributed by atoms with E-state index in [1.54, 1.807) is 25.1 Å². The number of benzene rings is 2. The number of aliphatic hydroxyl groups is 1. The molecule has 5 nitrogen and oxygen atoms in total. The molecule has 0 heterocycles. The van der Waals surface area contributed by atoms with Crippen LogP contribution in [0.4, 0.5) is 0 Å². The number of aliphatic hydroxyl groups excluding tert-OH is 1. The molecule has 0 aliphatic heterocycles. The predicted octanol–water partition coefficient (Wildman–Crippen LogP) is 4.91. The predicted molar refractivity (Wildman–Crippen MR) is 119 cm³/mol. The van der Waals surface area contributed by atoms with Gasteiger partial charge in [-0.25, -0.2) is 0 Å². The maximum atomic E-state index is 12.5. The number of phenolic OH excluding ortho intramolecular Hbond substituents is 3. The van der Waals surface area contributed by atoms with Crippen LogP contribution in [-0.4, -0.2) is 32.3 Å². The van der Waals surface area contributed by atoms with Crippen molar-refractivity contribution >= 4 is 11.9 Å². The van der Waals surface area contributed by atoms with Crippen LogP contribution >= 0.6 is 0 Å². The topological polar surface area (TPSA) is 98.0 Å². The highest BCUT2D eigenvalue weighted by Gasteiger charge is 2.15. The summed E-state index contributed by atoms with van der Waals surface area (Å²) in [7, 11) is 0. The minimum Gasteiger partial charge on any atom is -0.508 e. The Kier molecular flexibility index (Phi) is 8.01. The number of hydrogen-bond acceptors (Lipinski definition) is 5. The third-order valence-corrected chi connectivity index (χ3v) is 4.88. The smallest absolute Gasteiger partial charge is 0.189 e. The van der Waals surface area contributed by atoms with Crippen LogP contribution in [0.15, 0.2) is 66.3 Å². The molecule has 158 valence electrons. The highest BCUT2D eigenvalue weighted by atomic mass is 16.3. The Morgan fingerprint density at radius 3 is 2.37 bits per heavy atom. The van der Waals surface area contributed by atoms with Crippen LogP contribution in [-0.2, 0) is 6.42 Å². The van der Waals surface area contributed by atoms with Crippen molar-refractivity contribution in [2.24, 2.45) is 0 Å². The van der Waals surface area contributed by atoms with Crippen LogP contribution in [0.5, 0.6) is 17.2 Å². The number of aromatic hydroxyl groups is 3. The first kappa shape index (κ1) is 23.0. The summed E-state index contributed by atoms with van der Waals surface area (Å²) in [5, 5.41) is 39.8. The second-order valence-electron chi connectivity index (χ2n) is 7.40. The van der Waals surface area contributed by atoms with Gasteiger partial charge in [0.05, 0.1) is 11.7 Å². The van der Waals surface area contributed by atoms with E-state index >= 15 is 0 Å². The molecule has 5 heteroatoms. The van der Waals surface area contributed by atoms with E-state index in [1.807, 2.05) is 13.0 Å². The maximum absolute atomic E-state index is 12.5. The average molecular weight is 408 g/mol. The first-order valence-electron chi connectivity index (χ1n) is 9.73. The molecule has 0 bridgehead atoms. The van der Waals surface area contributed by atoms with Gasteiger partial charge in [0.2, 0.25) is 0 Å². The van der Waals surface area contributed by atoms with Crippen molar-refractivity contribution < 1.29 is 25.2 Å². The summed E-state index contributed by atoms with van der Waals surface area (Å²) in [6.45, 7) is 7.42. The van der Waals surface area contributed by atoms with Crippen molar-refractivity contribution in [2.45, 2.75) is 39.2 Å². The van der Waals surface area contributed by atoms with Gasteiger partial charge in [-0.05, 0) is 69.0 Å². The first-order valence-corrected chi connectivity index (χ1v) is 9.73. The molecule has 0 fully saturated rings. The molecule has 1 atom stereocenters. The summed E-state index contributed by atoms with van der Waals surface area (Å²) in [6, 6.07) is 9.15. The molecule has 0 saturated carbocycles. The summed E-state index contributed by atoms with van der Waals surface area (Å²) in [5.41, 5.74) is 2.82. The Bertz CT molecular complexity index is 968. The number of phenols is 3. The maximum Gasteiger partial charge on any atom is 0.189 e. The van der Waals surface area contributed by atoms with E-state index in [0.29, 0.717) is 18.4 Å². The fourth-order valence-electron chi connectivity index (χ4n) is 2.86. The second kappa shape index (κ2) is 10.5. The van der Waals surface area contributed by atoms with E-state index < -0.39 is 11.9 Å². The highest BCUT2D eigenvalue weighted by molar-refractivity contribution is 6.09. The van der Waals surface area contributed by atoms with Gasteiger partial charge in [-0.15, -0.1) is 0 Å². The molecule has 0 aromatic heterocycles. The van der Waals surface area contributed by atoms with Crippen molar-refractivity contribution in [3.05, 3.63) is 83.0 Å². The van der Waals surface area contributed by atoms with Gasteiger partial charge in [-0.2, -0.15) is 0 Å². The summed E-state index contributed by atoms with van der Waals surface area (Å²) < 4.78 is 0. The third-order valence-electron chi connectivity index (χ3n) is 4.88. The Morgan fingerprint density at radius 1 is 1.07 bits per heavy atom. The zero-order valence-corrected chi connectivity index (χ0v) is 17.3. The summed E-state index contributed by atoms with van der Waals surface area (Å²) in [5.74, 6) is -0.595. The quantitative estimate of drug-likeness (QED) is 0.269. The van der Waals surface area contributed by atoms with Crippen LogP contribution < -0.4 is 0 Å². The van der Waals surface area contributed by atoms with Gasteiger partial charge in [-0.1, -0.05) is 42.0 Å². The number of allylic oxidation sites excluding steroid dienone is 3. The molecule has 2 aromatic rings. The van der Waals surface area contributed by atoms with Crippen LogP contribution in [0.2, 0.25) is 0 Å². The highest BCUT2D eigenvalue weighted by Crippen LogP contribution is 2.32. The molecule has 2 rings (SSSR count). The van der Waals surface area contributed by atoms with Gasteiger partial charge < -0.3 is 20.4 Å². The van der Waals surface area contributed by atoms with Crippen LogP contribution in [0.3, 0.4) is 0 Å². The Morgan fingerprint density at radius 2 is 1.73 bits per heavy atom. The van der Waals surface area contributed by atoms with Crippen molar-refractivity contribution in [2.75, 3.05) is 0 Å². The molecule has 0 spiro atoms. The van der Waals surface area contributed by atoms with Crippen molar-refractivity contribution in [1.29, 1.82) is 0 Å². The van der Waals surface area contributed by atoms with E-state index in [0.717, 1.165) is 11.1 Å². The summed E-state index contributed by atoms with van der Waals surface area (Å²) in [6.07, 6.45) is 5.69. The monoisotopic (exact) mass is 408 g/mol. The number of ketones is 1. The molecule has 0 amide bonds. The van der Waals surface area contributed by atoms with Crippen molar-refractivity contribution in [3.8, 4) is 17.2 Å². The number of carbonyl (C=O) groups excluding carboxylic acids is 1. The zero-order valence-electron chi connectivity index (χ0n) is 17.3. The van der Waals surface area contributed by atoms with Crippen LogP contribution in [0.25, 0.3) is 6.08 Å². The largest absolute Gasteiger partial charge is 0.508 e. The van der Waals surface area contributed by atoms with Crippen LogP contribution in [0.1, 0.15) is 48.2 Å². The first-order chi connectivity index (χ1) is 14.2. The molecule has 0 unspecified atom stereocenters. The van der Waals surface area contributed by atoms with Gasteiger partial charge in [0.25, 0.3) is 0 Å². The molecule has 0 aliphatic rings. The normalized spacial score (nSPS) is 12.8. The number of hydrogen-bond donors (Lipinski definition) is 4. The van der Waals surface area contributed by atoms with Gasteiger partial charge in [-0.3, -0.25) is 4.79 Å². The Labute approximate surface area is 177 Å². The Hall–Kier alpha value is -3.31. The lowest BCUT2D eigenvalue weighted by atomic mass is 9.99. The molecule has 30 heavy (non-hydrogen) atoms. The van der Waals surface area contributed by atoms with E-state index in [9.17, 15) is 25.2 Å². The molecule has 0 aliphatic carbocycles. The SMILES string of the molecule is C=C(C)[C@@H](O)CC/C(C)=C\Cc1c(O)ccc(C(=O)/C=C/c2ccc(O)cc2)c1O. The third kappa shape index (κ3) is 6.36. The molecule has 0 radical (unpaired) electrons. The zero-order chi connectivity index (χ0) is 22.3. The fourth-order valence-corrected chi connectivity index (χ4v) is 2.86. The van der Waals surface area contributed by atoms with E-state index in [-0.39, 0.29) is 34.8 Å². The Balaban J connectivity index is 2.14. The molecular weight excluding hydrogens is 380 g/mol. The lowest BCUT2D eigenvalue weighted by molar-refractivity contribution is 0.104. The molecule has 2 aromatic carbocycles. The van der Waals surface area contributed by atoms with Gasteiger partial charge in [0, 0.05) is 5.56 Å². The minimum absolute atomic E-state index is 0.0856. The number of carbonyl (C=O) groups is 1. The number of rotatable bonds is 9. The average Bonchev–Trinajstić information content (AvgIpc) is 2.71. The lowest BCUT2D eigenvalue weighted by Crippen LogP contribution is -2.06. The molecule has 4 N–H and O–H groups in total. The summed E-state index contributed by atoms with van der Waals surface area (Å²) in [4.78, 5) is 12.5. The van der Waals surface area contributed by atoms with Gasteiger partial charge >= 0.3 is 0 Å². The lowest BCUT2D eigenvalue weighted by Gasteiger charge is -2.11. The van der Waals surface area contributed by atoms with Crippen LogP contribution in [0, 0.1) is 0 Å². The minimum atomic E-state index is -0.559. The van der Waals surface area contributed by atoms with E-state index in [1.165, 1.54) is 30.3 Å². The summed E-state index contributed by atoms with van der Waals surface area (Å²) >= 11 is 0. The van der Waals surface area contributed by atoms with Gasteiger partial charge in [0.15, 0.2) is 5.78 Å². The second-order valence-corrected chi connectivity index (χ2v) is 7.40. The van der Waals surface area contributed by atoms with E-state index in [2.05, 4.69) is 6.58 Å². The standard InChI is InChI=1S/C25H28O5/c1-16(2)22(27)13-5-17(3)4-11-20-24(29)15-12-21(25(20)30)23(28)14-8-18-6-9-19(26)10-7-18/h4,6-10,12,14-15,22,26-27,29-30H,1,5,11,13H2,2-3H3/b14-8+,17-4-/t22-/m0/s1. The molecular formula is C25H28O5. The van der Waals surface area contributed by atoms with Crippen molar-refractivity contribution in [1.82, 2.24) is 0 Å². The van der Waals surface area contributed by atoms with E-state index in [4.69, 9.17) is 0 Å².